The van der Waals surface area contributed by atoms with Gasteiger partial charge in [-0.3, -0.25) is 4.79 Å². The van der Waals surface area contributed by atoms with Crippen LogP contribution in [0.15, 0.2) is 36.8 Å². The van der Waals surface area contributed by atoms with Crippen LogP contribution in [0.2, 0.25) is 0 Å². The lowest BCUT2D eigenvalue weighted by Crippen LogP contribution is -2.54. The Morgan fingerprint density at radius 3 is 2.27 bits per heavy atom. The molecule has 0 fully saturated rings. The lowest BCUT2D eigenvalue weighted by molar-refractivity contribution is -0.146. The van der Waals surface area contributed by atoms with Crippen LogP contribution in [0, 0.1) is 12.8 Å². The van der Waals surface area contributed by atoms with Crippen molar-refractivity contribution in [2.75, 3.05) is 7.11 Å². The van der Waals surface area contributed by atoms with Gasteiger partial charge in [0.15, 0.2) is 0 Å². The molecule has 0 saturated heterocycles. The van der Waals surface area contributed by atoms with E-state index in [2.05, 4.69) is 15.6 Å². The molecule has 2 rings (SSSR count). The number of ether oxygens (including phenoxy) is 2. The molecule has 2 N–H and O–H groups in total. The van der Waals surface area contributed by atoms with Gasteiger partial charge < -0.3 is 24.7 Å². The van der Waals surface area contributed by atoms with Gasteiger partial charge in [-0.25, -0.2) is 14.6 Å². The number of hydrogen-bond donors (Lipinski definition) is 2. The van der Waals surface area contributed by atoms with E-state index in [1.807, 2.05) is 35.8 Å². The third kappa shape index (κ3) is 7.93. The summed E-state index contributed by atoms with van der Waals surface area (Å²) < 4.78 is 12.0. The fourth-order valence-corrected chi connectivity index (χ4v) is 3.07. The highest BCUT2D eigenvalue weighted by Crippen LogP contribution is 2.13. The van der Waals surface area contributed by atoms with Gasteiger partial charge in [-0.15, -0.1) is 0 Å². The van der Waals surface area contributed by atoms with Crippen molar-refractivity contribution >= 4 is 18.0 Å². The molecule has 1 aromatic carbocycles. The smallest absolute Gasteiger partial charge is 0.408 e. The summed E-state index contributed by atoms with van der Waals surface area (Å²) in [6.07, 6.45) is 2.81. The number of amides is 2. The Morgan fingerprint density at radius 1 is 1.09 bits per heavy atom. The molecule has 0 aliphatic heterocycles. The second-order valence-electron chi connectivity index (χ2n) is 9.26. The number of methoxy groups -OCH3 is 1. The second-order valence-corrected chi connectivity index (χ2v) is 9.26. The molecule has 33 heavy (non-hydrogen) atoms. The zero-order valence-electron chi connectivity index (χ0n) is 20.3. The van der Waals surface area contributed by atoms with Crippen molar-refractivity contribution in [1.82, 2.24) is 20.2 Å². The van der Waals surface area contributed by atoms with Crippen LogP contribution in [0.5, 0.6) is 0 Å². The highest BCUT2D eigenvalue weighted by atomic mass is 16.6. The summed E-state index contributed by atoms with van der Waals surface area (Å²) in [6, 6.07) is 6.06. The van der Waals surface area contributed by atoms with E-state index in [4.69, 9.17) is 9.47 Å². The average Bonchev–Trinajstić information content (AvgIpc) is 3.18. The Labute approximate surface area is 194 Å². The number of nitrogens with zero attached hydrogens (tertiary/aromatic N) is 2. The van der Waals surface area contributed by atoms with E-state index in [9.17, 15) is 14.4 Å². The summed E-state index contributed by atoms with van der Waals surface area (Å²) >= 11 is 0. The molecule has 2 atom stereocenters. The Balaban J connectivity index is 2.23. The molecule has 0 aliphatic rings. The number of alkyl carbamates (subject to hydrolysis) is 1. The lowest BCUT2D eigenvalue weighted by atomic mass is 10.0. The van der Waals surface area contributed by atoms with Crippen LogP contribution in [0.25, 0.3) is 5.69 Å². The van der Waals surface area contributed by atoms with Crippen molar-refractivity contribution in [2.24, 2.45) is 5.92 Å². The van der Waals surface area contributed by atoms with Crippen molar-refractivity contribution in [3.63, 3.8) is 0 Å². The molecule has 180 valence electrons. The first-order valence-electron chi connectivity index (χ1n) is 10.9. The fourth-order valence-electron chi connectivity index (χ4n) is 3.07. The summed E-state index contributed by atoms with van der Waals surface area (Å²) in [7, 11) is 1.26. The van der Waals surface area contributed by atoms with Gasteiger partial charge in [0.25, 0.3) is 0 Å². The fraction of sp³-hybridized carbons (Fsp3) is 0.500. The third-order valence-electron chi connectivity index (χ3n) is 4.81. The monoisotopic (exact) mass is 458 g/mol. The highest BCUT2D eigenvalue weighted by molar-refractivity contribution is 5.90. The summed E-state index contributed by atoms with van der Waals surface area (Å²) in [4.78, 5) is 42.0. The maximum Gasteiger partial charge on any atom is 0.408 e. The molecule has 0 spiro atoms. The molecule has 9 heteroatoms. The molecular weight excluding hydrogens is 424 g/mol. The van der Waals surface area contributed by atoms with Gasteiger partial charge in [0, 0.05) is 18.3 Å². The number of carbonyl (C=O) groups excluding carboxylic acids is 3. The predicted molar refractivity (Wildman–Crippen MR) is 124 cm³/mol. The first-order chi connectivity index (χ1) is 15.4. The van der Waals surface area contributed by atoms with Crippen LogP contribution in [-0.2, 0) is 25.5 Å². The quantitative estimate of drug-likeness (QED) is 0.589. The van der Waals surface area contributed by atoms with Gasteiger partial charge in [0.1, 0.15) is 17.7 Å². The summed E-state index contributed by atoms with van der Waals surface area (Å²) in [5, 5.41) is 5.29. The molecule has 0 radical (unpaired) electrons. The number of carbonyl (C=O) groups is 3. The maximum atomic E-state index is 13.1. The lowest BCUT2D eigenvalue weighted by Gasteiger charge is -2.25. The number of aryl methyl sites for hydroxylation is 1. The van der Waals surface area contributed by atoms with E-state index >= 15 is 0 Å². The number of aromatic nitrogens is 2. The predicted octanol–water partition coefficient (Wildman–Crippen LogP) is 2.93. The highest BCUT2D eigenvalue weighted by Gasteiger charge is 2.31. The Morgan fingerprint density at radius 2 is 1.73 bits per heavy atom. The van der Waals surface area contributed by atoms with Crippen LogP contribution < -0.4 is 10.6 Å². The SMILES string of the molecule is COC(=O)[C@@H](NC(=O)[C@H](Cc1cn(-c2ccc(C)cc2)cn1)NC(=O)OC(C)(C)C)C(C)C. The number of imidazole rings is 1. The van der Waals surface area contributed by atoms with Crippen molar-refractivity contribution in [3.8, 4) is 5.69 Å². The van der Waals surface area contributed by atoms with E-state index in [1.165, 1.54) is 7.11 Å². The van der Waals surface area contributed by atoms with Crippen molar-refractivity contribution in [1.29, 1.82) is 0 Å². The molecule has 2 aromatic rings. The van der Waals surface area contributed by atoms with Gasteiger partial charge in [-0.1, -0.05) is 31.5 Å². The first kappa shape index (κ1) is 25.9. The topological polar surface area (TPSA) is 112 Å². The number of nitrogens with one attached hydrogen (secondary N) is 2. The zero-order chi connectivity index (χ0) is 24.8. The summed E-state index contributed by atoms with van der Waals surface area (Å²) in [5.74, 6) is -1.29. The maximum absolute atomic E-state index is 13.1. The first-order valence-corrected chi connectivity index (χ1v) is 10.9. The number of rotatable bonds is 8. The van der Waals surface area contributed by atoms with E-state index in [0.717, 1.165) is 11.3 Å². The number of benzene rings is 1. The molecule has 0 unspecified atom stereocenters. The van der Waals surface area contributed by atoms with E-state index < -0.39 is 35.7 Å². The van der Waals surface area contributed by atoms with E-state index in [1.54, 1.807) is 47.1 Å². The number of esters is 1. The molecule has 0 bridgehead atoms. The summed E-state index contributed by atoms with van der Waals surface area (Å²) in [6.45, 7) is 10.8. The van der Waals surface area contributed by atoms with Crippen molar-refractivity contribution in [2.45, 2.75) is 65.6 Å². The van der Waals surface area contributed by atoms with Crippen LogP contribution in [-0.4, -0.2) is 52.3 Å². The Hall–Kier alpha value is -3.36. The standard InChI is InChI=1S/C24H34N4O5/c1-15(2)20(22(30)32-7)27-21(29)19(26-23(31)33-24(4,5)6)12-17-13-28(14-25-17)18-10-8-16(3)9-11-18/h8-11,13-15,19-20H,12H2,1-7H3,(H,26,31)(H,27,29)/t19-,20-/m0/s1. The van der Waals surface area contributed by atoms with Crippen molar-refractivity contribution < 1.29 is 23.9 Å². The van der Waals surface area contributed by atoms with Gasteiger partial charge in [-0.05, 0) is 45.7 Å². The van der Waals surface area contributed by atoms with Gasteiger partial charge in [0.05, 0.1) is 19.1 Å². The molecule has 1 aromatic heterocycles. The summed E-state index contributed by atoms with van der Waals surface area (Å²) in [5.41, 5.74) is 1.92. The largest absolute Gasteiger partial charge is 0.467 e. The zero-order valence-corrected chi connectivity index (χ0v) is 20.3. The van der Waals surface area contributed by atoms with Gasteiger partial charge in [0.2, 0.25) is 5.91 Å². The van der Waals surface area contributed by atoms with E-state index in [0.29, 0.717) is 5.69 Å². The van der Waals surface area contributed by atoms with Crippen LogP contribution >= 0.6 is 0 Å². The van der Waals surface area contributed by atoms with Crippen LogP contribution in [0.4, 0.5) is 4.79 Å². The normalized spacial score (nSPS) is 13.2. The minimum Gasteiger partial charge on any atom is -0.467 e. The Kier molecular flexibility index (Phi) is 8.62. The Bertz CT molecular complexity index is 960. The molecule has 0 aliphatic carbocycles. The van der Waals surface area contributed by atoms with Gasteiger partial charge in [-0.2, -0.15) is 0 Å². The van der Waals surface area contributed by atoms with E-state index in [-0.39, 0.29) is 12.3 Å². The second kappa shape index (κ2) is 11.0. The molecule has 0 saturated carbocycles. The molecule has 1 heterocycles. The number of hydrogen-bond acceptors (Lipinski definition) is 6. The molecular formula is C24H34N4O5. The van der Waals surface area contributed by atoms with Crippen LogP contribution in [0.3, 0.4) is 0 Å². The third-order valence-corrected chi connectivity index (χ3v) is 4.81. The minimum atomic E-state index is -1.01. The van der Waals surface area contributed by atoms with Crippen molar-refractivity contribution in [3.05, 3.63) is 48.0 Å². The average molecular weight is 459 g/mol. The minimum absolute atomic E-state index is 0.107. The van der Waals surface area contributed by atoms with Crippen LogP contribution in [0.1, 0.15) is 45.9 Å². The van der Waals surface area contributed by atoms with Gasteiger partial charge >= 0.3 is 12.1 Å². The molecule has 9 nitrogen and oxygen atoms in total. The molecule has 2 amide bonds.